The van der Waals surface area contributed by atoms with Crippen molar-refractivity contribution in [3.05, 3.63) is 16.1 Å². The molecule has 3 heterocycles. The van der Waals surface area contributed by atoms with E-state index in [4.69, 9.17) is 4.98 Å². The fraction of sp³-hybridized carbons (Fsp3) is 0.750. The standard InChI is InChI=1S/C20H29N3O2S/c1-14(24)22-11-8-16(9-12-22)19-21-17(13-26-19)20(25)23-10-4-6-15-5-2-3-7-18(15)23/h13,15-16,18H,2-12H2,1H3. The van der Waals surface area contributed by atoms with Crippen molar-refractivity contribution >= 4 is 23.2 Å². The molecule has 0 aromatic carbocycles. The molecule has 2 aliphatic heterocycles. The molecule has 3 aliphatic rings. The number of rotatable bonds is 2. The first kappa shape index (κ1) is 18.0. The molecule has 0 bridgehead atoms. The van der Waals surface area contributed by atoms with Crippen LogP contribution in [0.4, 0.5) is 0 Å². The number of hydrogen-bond donors (Lipinski definition) is 0. The summed E-state index contributed by atoms with van der Waals surface area (Å²) in [5.74, 6) is 1.40. The maximum atomic E-state index is 13.1. The van der Waals surface area contributed by atoms with Crippen molar-refractivity contribution in [2.75, 3.05) is 19.6 Å². The topological polar surface area (TPSA) is 53.5 Å². The second kappa shape index (κ2) is 7.67. The normalized spacial score (nSPS) is 27.3. The molecule has 3 fully saturated rings. The number of nitrogens with zero attached hydrogens (tertiary/aromatic N) is 3. The summed E-state index contributed by atoms with van der Waals surface area (Å²) in [5, 5.41) is 3.04. The van der Waals surface area contributed by atoms with E-state index in [2.05, 4.69) is 4.90 Å². The Morgan fingerprint density at radius 1 is 1.04 bits per heavy atom. The van der Waals surface area contributed by atoms with Crippen LogP contribution in [0.15, 0.2) is 5.38 Å². The molecule has 0 spiro atoms. The molecule has 1 aromatic rings. The van der Waals surface area contributed by atoms with Crippen LogP contribution in [0.5, 0.6) is 0 Å². The Balaban J connectivity index is 1.42. The van der Waals surface area contributed by atoms with Gasteiger partial charge in [-0.15, -0.1) is 11.3 Å². The van der Waals surface area contributed by atoms with Crippen LogP contribution < -0.4 is 0 Å². The number of aromatic nitrogens is 1. The highest BCUT2D eigenvalue weighted by molar-refractivity contribution is 7.09. The molecule has 1 saturated carbocycles. The van der Waals surface area contributed by atoms with E-state index in [-0.39, 0.29) is 11.8 Å². The van der Waals surface area contributed by atoms with E-state index in [0.717, 1.165) is 50.3 Å². The first-order chi connectivity index (χ1) is 12.6. The molecule has 0 radical (unpaired) electrons. The van der Waals surface area contributed by atoms with Gasteiger partial charge < -0.3 is 9.80 Å². The summed E-state index contributed by atoms with van der Waals surface area (Å²) >= 11 is 1.63. The smallest absolute Gasteiger partial charge is 0.273 e. The van der Waals surface area contributed by atoms with Gasteiger partial charge in [0.15, 0.2) is 0 Å². The summed E-state index contributed by atoms with van der Waals surface area (Å²) in [6.07, 6.45) is 9.34. The van der Waals surface area contributed by atoms with Gasteiger partial charge in [0, 0.05) is 43.9 Å². The van der Waals surface area contributed by atoms with E-state index < -0.39 is 0 Å². The first-order valence-corrected chi connectivity index (χ1v) is 11.0. The maximum Gasteiger partial charge on any atom is 0.273 e. The second-order valence-electron chi connectivity index (χ2n) is 8.10. The monoisotopic (exact) mass is 375 g/mol. The van der Waals surface area contributed by atoms with Gasteiger partial charge in [-0.1, -0.05) is 12.8 Å². The van der Waals surface area contributed by atoms with Crippen LogP contribution in [0.2, 0.25) is 0 Å². The van der Waals surface area contributed by atoms with Gasteiger partial charge in [0.2, 0.25) is 5.91 Å². The Kier molecular flexibility index (Phi) is 5.30. The molecule has 2 saturated heterocycles. The van der Waals surface area contributed by atoms with Crippen LogP contribution in [0.3, 0.4) is 0 Å². The number of piperidine rings is 2. The van der Waals surface area contributed by atoms with Crippen molar-refractivity contribution in [3.63, 3.8) is 0 Å². The summed E-state index contributed by atoms with van der Waals surface area (Å²) in [7, 11) is 0. The van der Waals surface area contributed by atoms with Gasteiger partial charge in [-0.2, -0.15) is 0 Å². The molecule has 6 heteroatoms. The Labute approximate surface area is 159 Å². The van der Waals surface area contributed by atoms with Crippen molar-refractivity contribution in [3.8, 4) is 0 Å². The zero-order chi connectivity index (χ0) is 18.1. The van der Waals surface area contributed by atoms with Crippen LogP contribution in [-0.4, -0.2) is 52.3 Å². The van der Waals surface area contributed by atoms with Crippen molar-refractivity contribution in [1.82, 2.24) is 14.8 Å². The molecule has 1 aliphatic carbocycles. The van der Waals surface area contributed by atoms with Crippen molar-refractivity contribution < 1.29 is 9.59 Å². The number of carbonyl (C=O) groups is 2. The molecule has 4 rings (SSSR count). The van der Waals surface area contributed by atoms with Gasteiger partial charge in [-0.25, -0.2) is 4.98 Å². The number of amides is 2. The summed E-state index contributed by atoms with van der Waals surface area (Å²) in [4.78, 5) is 33.4. The molecular weight excluding hydrogens is 346 g/mol. The van der Waals surface area contributed by atoms with E-state index in [1.807, 2.05) is 10.3 Å². The fourth-order valence-corrected chi connectivity index (χ4v) is 6.00. The minimum Gasteiger partial charge on any atom is -0.343 e. The predicted octanol–water partition coefficient (Wildman–Crippen LogP) is 3.66. The number of thiazole rings is 1. The minimum absolute atomic E-state index is 0.144. The SMILES string of the molecule is CC(=O)N1CCC(c2nc(C(=O)N3CCCC4CCCCC43)cs2)CC1. The van der Waals surface area contributed by atoms with Crippen molar-refractivity contribution in [2.24, 2.45) is 5.92 Å². The van der Waals surface area contributed by atoms with Crippen LogP contribution in [0.25, 0.3) is 0 Å². The highest BCUT2D eigenvalue weighted by atomic mass is 32.1. The van der Waals surface area contributed by atoms with E-state index >= 15 is 0 Å². The van der Waals surface area contributed by atoms with Gasteiger partial charge in [0.05, 0.1) is 5.01 Å². The quantitative estimate of drug-likeness (QED) is 0.793. The summed E-state index contributed by atoms with van der Waals surface area (Å²) in [6, 6.07) is 0.439. The average Bonchev–Trinajstić information content (AvgIpc) is 3.17. The van der Waals surface area contributed by atoms with Gasteiger partial charge in [-0.05, 0) is 44.4 Å². The molecule has 2 unspecified atom stereocenters. The third-order valence-corrected chi connectivity index (χ3v) is 7.54. The highest BCUT2D eigenvalue weighted by Gasteiger charge is 2.37. The molecule has 1 aromatic heterocycles. The molecule has 2 atom stereocenters. The zero-order valence-electron chi connectivity index (χ0n) is 15.7. The highest BCUT2D eigenvalue weighted by Crippen LogP contribution is 2.36. The van der Waals surface area contributed by atoms with Crippen LogP contribution >= 0.6 is 11.3 Å². The number of likely N-dealkylation sites (tertiary alicyclic amines) is 2. The molecule has 0 N–H and O–H groups in total. The lowest BCUT2D eigenvalue weighted by atomic mass is 9.78. The maximum absolute atomic E-state index is 13.1. The van der Waals surface area contributed by atoms with Gasteiger partial charge in [-0.3, -0.25) is 9.59 Å². The zero-order valence-corrected chi connectivity index (χ0v) is 16.5. The van der Waals surface area contributed by atoms with Crippen LogP contribution in [0.1, 0.15) is 79.7 Å². The van der Waals surface area contributed by atoms with Crippen molar-refractivity contribution in [1.29, 1.82) is 0 Å². The van der Waals surface area contributed by atoms with Crippen LogP contribution in [0, 0.1) is 5.92 Å². The minimum atomic E-state index is 0.144. The Morgan fingerprint density at radius 2 is 1.77 bits per heavy atom. The first-order valence-electron chi connectivity index (χ1n) is 10.2. The summed E-state index contributed by atoms with van der Waals surface area (Å²) in [6.45, 7) is 4.14. The van der Waals surface area contributed by atoms with E-state index in [1.165, 1.54) is 25.7 Å². The largest absolute Gasteiger partial charge is 0.343 e. The lowest BCUT2D eigenvalue weighted by Gasteiger charge is -2.43. The van der Waals surface area contributed by atoms with Gasteiger partial charge in [0.1, 0.15) is 5.69 Å². The summed E-state index contributed by atoms with van der Waals surface area (Å²) in [5.41, 5.74) is 0.644. The fourth-order valence-electron chi connectivity index (χ4n) is 5.04. The molecule has 2 amide bonds. The van der Waals surface area contributed by atoms with Crippen LogP contribution in [-0.2, 0) is 4.79 Å². The summed E-state index contributed by atoms with van der Waals surface area (Å²) < 4.78 is 0. The molecule has 26 heavy (non-hydrogen) atoms. The van der Waals surface area contributed by atoms with Crippen molar-refractivity contribution in [2.45, 2.75) is 70.3 Å². The average molecular weight is 376 g/mol. The Hall–Kier alpha value is -1.43. The molecule has 142 valence electrons. The predicted molar refractivity (Wildman–Crippen MR) is 102 cm³/mol. The Morgan fingerprint density at radius 3 is 2.54 bits per heavy atom. The number of hydrogen-bond acceptors (Lipinski definition) is 4. The third kappa shape index (κ3) is 3.53. The number of carbonyl (C=O) groups excluding carboxylic acids is 2. The number of fused-ring (bicyclic) bond motifs is 1. The molecular formula is C20H29N3O2S. The van der Waals surface area contributed by atoms with E-state index in [1.54, 1.807) is 18.3 Å². The van der Waals surface area contributed by atoms with E-state index in [9.17, 15) is 9.59 Å². The van der Waals surface area contributed by atoms with E-state index in [0.29, 0.717) is 23.6 Å². The lowest BCUT2D eigenvalue weighted by Crippen LogP contribution is -2.49. The lowest BCUT2D eigenvalue weighted by molar-refractivity contribution is -0.129. The second-order valence-corrected chi connectivity index (χ2v) is 8.99. The third-order valence-electron chi connectivity index (χ3n) is 6.53. The Bertz CT molecular complexity index is 664. The van der Waals surface area contributed by atoms with Gasteiger partial charge in [0.25, 0.3) is 5.91 Å². The molecule has 5 nitrogen and oxygen atoms in total. The van der Waals surface area contributed by atoms with Gasteiger partial charge >= 0.3 is 0 Å².